The molecule has 0 saturated carbocycles. The molecule has 2 heteroatoms. The summed E-state index contributed by atoms with van der Waals surface area (Å²) in [7, 11) is 2.05. The molecule has 1 atom stereocenters. The molecule has 2 aromatic carbocycles. The molecule has 0 radical (unpaired) electrons. The zero-order valence-corrected chi connectivity index (χ0v) is 13.3. The highest BCUT2D eigenvalue weighted by Crippen LogP contribution is 2.20. The van der Waals surface area contributed by atoms with Crippen LogP contribution < -0.4 is 5.32 Å². The highest BCUT2D eigenvalue weighted by atomic mass is 32.2. The molecule has 1 N–H and O–H groups in total. The van der Waals surface area contributed by atoms with Gasteiger partial charge in [-0.15, -0.1) is 11.8 Å². The largest absolute Gasteiger partial charge is 0.316 e. The lowest BCUT2D eigenvalue weighted by Gasteiger charge is -2.17. The maximum atomic E-state index is 3.44. The lowest BCUT2D eigenvalue weighted by molar-refractivity contribution is 0.615. The molecule has 106 valence electrons. The molecule has 0 spiro atoms. The highest BCUT2D eigenvalue weighted by Gasteiger charge is 2.09. The standard InChI is InChI=1S/C18H23NS/c1-14-8-10-18(11-9-14)20-13-17(19-3)12-16-7-5-4-6-15(16)2/h4-11,17,19H,12-13H2,1-3H3. The Morgan fingerprint density at radius 2 is 1.70 bits per heavy atom. The van der Waals surface area contributed by atoms with E-state index in [4.69, 9.17) is 0 Å². The first-order valence-electron chi connectivity index (χ1n) is 7.10. The summed E-state index contributed by atoms with van der Waals surface area (Å²) in [6, 6.07) is 17.9. The molecule has 0 aromatic heterocycles. The van der Waals surface area contributed by atoms with Gasteiger partial charge in [-0.3, -0.25) is 0 Å². The van der Waals surface area contributed by atoms with Crippen molar-refractivity contribution in [3.63, 3.8) is 0 Å². The van der Waals surface area contributed by atoms with Crippen LogP contribution in [0.4, 0.5) is 0 Å². The van der Waals surface area contributed by atoms with Gasteiger partial charge in [-0.05, 0) is 50.6 Å². The molecule has 0 saturated heterocycles. The Morgan fingerprint density at radius 1 is 1.00 bits per heavy atom. The summed E-state index contributed by atoms with van der Waals surface area (Å²) in [6.45, 7) is 4.32. The average molecular weight is 285 g/mol. The van der Waals surface area contributed by atoms with Crippen molar-refractivity contribution in [3.8, 4) is 0 Å². The van der Waals surface area contributed by atoms with Crippen LogP contribution in [0, 0.1) is 13.8 Å². The van der Waals surface area contributed by atoms with Gasteiger partial charge in [-0.25, -0.2) is 0 Å². The number of benzene rings is 2. The molecular weight excluding hydrogens is 262 g/mol. The van der Waals surface area contributed by atoms with Crippen LogP contribution in [0.5, 0.6) is 0 Å². The topological polar surface area (TPSA) is 12.0 Å². The van der Waals surface area contributed by atoms with Gasteiger partial charge in [0.2, 0.25) is 0 Å². The van der Waals surface area contributed by atoms with Crippen molar-refractivity contribution >= 4 is 11.8 Å². The first-order chi connectivity index (χ1) is 9.69. The average Bonchev–Trinajstić information content (AvgIpc) is 2.47. The number of nitrogens with one attached hydrogen (secondary N) is 1. The minimum Gasteiger partial charge on any atom is -0.316 e. The zero-order valence-electron chi connectivity index (χ0n) is 12.5. The van der Waals surface area contributed by atoms with Gasteiger partial charge in [-0.1, -0.05) is 42.0 Å². The van der Waals surface area contributed by atoms with Crippen LogP contribution in [0.3, 0.4) is 0 Å². The summed E-state index contributed by atoms with van der Waals surface area (Å²) in [4.78, 5) is 1.35. The van der Waals surface area contributed by atoms with E-state index < -0.39 is 0 Å². The van der Waals surface area contributed by atoms with Crippen LogP contribution in [-0.4, -0.2) is 18.8 Å². The van der Waals surface area contributed by atoms with Crippen molar-refractivity contribution in [2.75, 3.05) is 12.8 Å². The number of hydrogen-bond acceptors (Lipinski definition) is 2. The van der Waals surface area contributed by atoms with Crippen molar-refractivity contribution in [2.24, 2.45) is 0 Å². The van der Waals surface area contributed by atoms with E-state index >= 15 is 0 Å². The fourth-order valence-electron chi connectivity index (χ4n) is 2.18. The monoisotopic (exact) mass is 285 g/mol. The van der Waals surface area contributed by atoms with E-state index in [-0.39, 0.29) is 0 Å². The fourth-order valence-corrected chi connectivity index (χ4v) is 3.19. The molecule has 1 unspecified atom stereocenters. The summed E-state index contributed by atoms with van der Waals surface area (Å²) in [5, 5.41) is 3.44. The van der Waals surface area contributed by atoms with Crippen molar-refractivity contribution in [1.29, 1.82) is 0 Å². The maximum absolute atomic E-state index is 3.44. The third kappa shape index (κ3) is 4.39. The second-order valence-electron chi connectivity index (χ2n) is 5.24. The second-order valence-corrected chi connectivity index (χ2v) is 6.33. The molecular formula is C18H23NS. The molecule has 20 heavy (non-hydrogen) atoms. The SMILES string of the molecule is CNC(CSc1ccc(C)cc1)Cc1ccccc1C. The van der Waals surface area contributed by atoms with Gasteiger partial charge in [0.1, 0.15) is 0 Å². The molecule has 0 aliphatic rings. The number of hydrogen-bond donors (Lipinski definition) is 1. The zero-order chi connectivity index (χ0) is 14.4. The van der Waals surface area contributed by atoms with Gasteiger partial charge in [0.25, 0.3) is 0 Å². The van der Waals surface area contributed by atoms with Gasteiger partial charge in [0, 0.05) is 16.7 Å². The van der Waals surface area contributed by atoms with Crippen molar-refractivity contribution < 1.29 is 0 Å². The van der Waals surface area contributed by atoms with Gasteiger partial charge in [0.15, 0.2) is 0 Å². The van der Waals surface area contributed by atoms with E-state index in [9.17, 15) is 0 Å². The van der Waals surface area contributed by atoms with E-state index in [0.717, 1.165) is 12.2 Å². The van der Waals surface area contributed by atoms with Crippen LogP contribution in [0.1, 0.15) is 16.7 Å². The Kier molecular flexibility index (Phi) is 5.69. The normalized spacial score (nSPS) is 12.3. The minimum absolute atomic E-state index is 0.502. The van der Waals surface area contributed by atoms with Gasteiger partial charge < -0.3 is 5.32 Å². The number of aryl methyl sites for hydroxylation is 2. The van der Waals surface area contributed by atoms with E-state index in [1.54, 1.807) is 0 Å². The predicted octanol–water partition coefficient (Wildman–Crippen LogP) is 4.23. The number of thioether (sulfide) groups is 1. The summed E-state index contributed by atoms with van der Waals surface area (Å²) in [6.07, 6.45) is 1.09. The molecule has 2 aromatic rings. The summed E-state index contributed by atoms with van der Waals surface area (Å²) in [5.74, 6) is 1.09. The lowest BCUT2D eigenvalue weighted by Crippen LogP contribution is -2.30. The molecule has 1 nitrogen and oxygen atoms in total. The summed E-state index contributed by atoms with van der Waals surface area (Å²) >= 11 is 1.92. The van der Waals surface area contributed by atoms with Crippen LogP contribution in [0.2, 0.25) is 0 Å². The first-order valence-corrected chi connectivity index (χ1v) is 8.09. The third-order valence-corrected chi connectivity index (χ3v) is 4.78. The van der Waals surface area contributed by atoms with Crippen molar-refractivity contribution in [2.45, 2.75) is 31.2 Å². The molecule has 0 heterocycles. The molecule has 0 amide bonds. The predicted molar refractivity (Wildman–Crippen MR) is 89.6 cm³/mol. The third-order valence-electron chi connectivity index (χ3n) is 3.61. The van der Waals surface area contributed by atoms with Gasteiger partial charge in [-0.2, -0.15) is 0 Å². The number of rotatable bonds is 6. The lowest BCUT2D eigenvalue weighted by atomic mass is 10.0. The Bertz CT molecular complexity index is 533. The summed E-state index contributed by atoms with van der Waals surface area (Å²) < 4.78 is 0. The molecule has 0 aliphatic carbocycles. The van der Waals surface area contributed by atoms with E-state index in [2.05, 4.69) is 74.7 Å². The Labute approximate surface area is 126 Å². The Hall–Kier alpha value is -1.25. The Balaban J connectivity index is 1.92. The van der Waals surface area contributed by atoms with Crippen LogP contribution in [-0.2, 0) is 6.42 Å². The number of likely N-dealkylation sites (N-methyl/N-ethyl adjacent to an activating group) is 1. The van der Waals surface area contributed by atoms with Crippen LogP contribution in [0.15, 0.2) is 53.4 Å². The fraction of sp³-hybridized carbons (Fsp3) is 0.333. The van der Waals surface area contributed by atoms with E-state index in [0.29, 0.717) is 6.04 Å². The minimum atomic E-state index is 0.502. The quantitative estimate of drug-likeness (QED) is 0.797. The molecule has 2 rings (SSSR count). The van der Waals surface area contributed by atoms with Gasteiger partial charge in [0.05, 0.1) is 0 Å². The van der Waals surface area contributed by atoms with E-state index in [1.165, 1.54) is 21.6 Å². The van der Waals surface area contributed by atoms with Gasteiger partial charge >= 0.3 is 0 Å². The molecule has 0 bridgehead atoms. The van der Waals surface area contributed by atoms with E-state index in [1.807, 2.05) is 11.8 Å². The van der Waals surface area contributed by atoms with Crippen LogP contribution in [0.25, 0.3) is 0 Å². The second kappa shape index (κ2) is 7.51. The first kappa shape index (κ1) is 15.1. The highest BCUT2D eigenvalue weighted by molar-refractivity contribution is 7.99. The smallest absolute Gasteiger partial charge is 0.0199 e. The maximum Gasteiger partial charge on any atom is 0.0199 e. The molecule has 0 aliphatic heterocycles. The van der Waals surface area contributed by atoms with Crippen molar-refractivity contribution in [1.82, 2.24) is 5.32 Å². The summed E-state index contributed by atoms with van der Waals surface area (Å²) in [5.41, 5.74) is 4.14. The molecule has 0 fully saturated rings. The van der Waals surface area contributed by atoms with Crippen molar-refractivity contribution in [3.05, 3.63) is 65.2 Å². The van der Waals surface area contributed by atoms with Crippen LogP contribution >= 0.6 is 11.8 Å². The Morgan fingerprint density at radius 3 is 2.35 bits per heavy atom.